The van der Waals surface area contributed by atoms with E-state index < -0.39 is 0 Å². The fraction of sp³-hybridized carbons (Fsp3) is 0.421. The molecule has 2 heterocycles. The molecular weight excluding hydrogens is 348 g/mol. The van der Waals surface area contributed by atoms with Crippen LogP contribution in [0.15, 0.2) is 35.4 Å². The van der Waals surface area contributed by atoms with Crippen LogP contribution in [-0.4, -0.2) is 36.0 Å². The third-order valence-corrected chi connectivity index (χ3v) is 5.81. The number of benzene rings is 1. The molecule has 1 aliphatic heterocycles. The lowest BCUT2D eigenvalue weighted by molar-refractivity contribution is 0.111. The summed E-state index contributed by atoms with van der Waals surface area (Å²) in [5.74, 6) is 0. The Morgan fingerprint density at radius 3 is 2.96 bits per heavy atom. The van der Waals surface area contributed by atoms with Crippen molar-refractivity contribution in [2.24, 2.45) is 5.10 Å². The molecule has 6 nitrogen and oxygen atoms in total. The number of rotatable bonds is 4. The molecule has 7 heteroatoms. The summed E-state index contributed by atoms with van der Waals surface area (Å²) in [6.45, 7) is 1.31. The van der Waals surface area contributed by atoms with Crippen LogP contribution in [0.2, 0.25) is 0 Å². The van der Waals surface area contributed by atoms with Crippen molar-refractivity contribution in [3.63, 3.8) is 0 Å². The van der Waals surface area contributed by atoms with Crippen LogP contribution >= 0.6 is 11.3 Å². The van der Waals surface area contributed by atoms with Crippen LogP contribution in [0.5, 0.6) is 0 Å². The first-order valence-corrected chi connectivity index (χ1v) is 9.89. The summed E-state index contributed by atoms with van der Waals surface area (Å²) in [7, 11) is 0. The average Bonchev–Trinajstić information content (AvgIpc) is 3.35. The minimum atomic E-state index is -0.284. The van der Waals surface area contributed by atoms with Crippen LogP contribution in [0.3, 0.4) is 0 Å². The lowest BCUT2D eigenvalue weighted by atomic mass is 10.0. The third kappa shape index (κ3) is 3.94. The van der Waals surface area contributed by atoms with Gasteiger partial charge in [-0.15, -0.1) is 11.3 Å². The van der Waals surface area contributed by atoms with Crippen LogP contribution < -0.4 is 10.7 Å². The van der Waals surface area contributed by atoms with Crippen LogP contribution in [0.1, 0.15) is 36.3 Å². The Morgan fingerprint density at radius 2 is 2.15 bits per heavy atom. The quantitative estimate of drug-likeness (QED) is 0.811. The van der Waals surface area contributed by atoms with Gasteiger partial charge in [0.25, 0.3) is 0 Å². The molecule has 0 spiro atoms. The lowest BCUT2D eigenvalue weighted by Crippen LogP contribution is -2.38. The van der Waals surface area contributed by atoms with Gasteiger partial charge in [-0.2, -0.15) is 5.10 Å². The normalized spacial score (nSPS) is 20.8. The van der Waals surface area contributed by atoms with E-state index in [9.17, 15) is 4.79 Å². The zero-order valence-electron chi connectivity index (χ0n) is 14.5. The third-order valence-electron chi connectivity index (χ3n) is 4.61. The van der Waals surface area contributed by atoms with Gasteiger partial charge >= 0.3 is 6.03 Å². The maximum absolute atomic E-state index is 12.0. The average molecular weight is 370 g/mol. The number of carbonyl (C=O) groups excluding carboxylic acids is 1. The van der Waals surface area contributed by atoms with E-state index in [-0.39, 0.29) is 12.1 Å². The number of thiazole rings is 1. The Labute approximate surface area is 156 Å². The molecule has 1 fully saturated rings. The highest BCUT2D eigenvalue weighted by molar-refractivity contribution is 7.17. The predicted octanol–water partition coefficient (Wildman–Crippen LogP) is 3.33. The van der Waals surface area contributed by atoms with E-state index in [2.05, 4.69) is 28.0 Å². The van der Waals surface area contributed by atoms with Crippen molar-refractivity contribution in [1.82, 2.24) is 15.7 Å². The monoisotopic (exact) mass is 370 g/mol. The topological polar surface area (TPSA) is 75.6 Å². The number of ether oxygens (including phenoxy) is 1. The predicted molar refractivity (Wildman–Crippen MR) is 103 cm³/mol. The van der Waals surface area contributed by atoms with Crippen molar-refractivity contribution in [1.29, 1.82) is 0 Å². The zero-order valence-corrected chi connectivity index (χ0v) is 15.3. The first kappa shape index (κ1) is 17.2. The Bertz CT molecular complexity index is 797. The number of aromatic nitrogens is 1. The molecule has 2 N–H and O–H groups in total. The van der Waals surface area contributed by atoms with E-state index in [1.807, 2.05) is 18.2 Å². The number of carbonyl (C=O) groups is 1. The maximum atomic E-state index is 12.0. The molecule has 26 heavy (non-hydrogen) atoms. The number of hydrazone groups is 1. The van der Waals surface area contributed by atoms with E-state index in [1.54, 1.807) is 11.3 Å². The highest BCUT2D eigenvalue weighted by Crippen LogP contribution is 2.32. The largest absolute Gasteiger partial charge is 0.376 e. The van der Waals surface area contributed by atoms with Crippen molar-refractivity contribution in [3.8, 4) is 10.6 Å². The highest BCUT2D eigenvalue weighted by Gasteiger charge is 2.22. The number of amides is 2. The Hall–Kier alpha value is -2.25. The molecule has 2 aliphatic rings. The van der Waals surface area contributed by atoms with Gasteiger partial charge < -0.3 is 10.1 Å². The van der Waals surface area contributed by atoms with Gasteiger partial charge in [0.1, 0.15) is 5.01 Å². The minimum Gasteiger partial charge on any atom is -0.376 e. The molecule has 0 radical (unpaired) electrons. The number of nitrogens with zero attached hydrogens (tertiary/aromatic N) is 2. The standard InChI is InChI=1S/C19H22N4O2S/c24-19(20-12-14-8-5-11-25-14)23-22-16-10-4-9-15-17(16)26-18(21-15)13-6-2-1-3-7-13/h1-3,6-7,14H,4-5,8-12H2,(H2,20,23,24)/b22-16-. The molecule has 1 unspecified atom stereocenters. The first-order chi connectivity index (χ1) is 12.8. The highest BCUT2D eigenvalue weighted by atomic mass is 32.1. The molecule has 1 aliphatic carbocycles. The number of hydrogen-bond donors (Lipinski definition) is 2. The van der Waals surface area contributed by atoms with Gasteiger partial charge in [0.05, 0.1) is 22.4 Å². The number of aryl methyl sites for hydroxylation is 1. The molecule has 1 aromatic carbocycles. The summed E-state index contributed by atoms with van der Waals surface area (Å²) in [6.07, 6.45) is 5.01. The molecule has 1 saturated heterocycles. The van der Waals surface area contributed by atoms with Crippen molar-refractivity contribution in [2.45, 2.75) is 38.2 Å². The molecule has 0 bridgehead atoms. The second-order valence-electron chi connectivity index (χ2n) is 6.53. The molecule has 2 amide bonds. The molecule has 2 aromatic rings. The van der Waals surface area contributed by atoms with E-state index >= 15 is 0 Å². The Kier molecular flexibility index (Phi) is 5.26. The van der Waals surface area contributed by atoms with E-state index in [4.69, 9.17) is 9.72 Å². The summed E-state index contributed by atoms with van der Waals surface area (Å²) < 4.78 is 5.50. The van der Waals surface area contributed by atoms with Gasteiger partial charge in [0.15, 0.2) is 0 Å². The van der Waals surface area contributed by atoms with Crippen LogP contribution in [0.4, 0.5) is 4.79 Å². The second kappa shape index (κ2) is 7.97. The molecule has 1 atom stereocenters. The van der Waals surface area contributed by atoms with Crippen LogP contribution in [0.25, 0.3) is 10.6 Å². The molecule has 1 aromatic heterocycles. The number of nitrogens with one attached hydrogen (secondary N) is 2. The smallest absolute Gasteiger partial charge is 0.335 e. The van der Waals surface area contributed by atoms with Crippen molar-refractivity contribution < 1.29 is 9.53 Å². The Morgan fingerprint density at radius 1 is 1.27 bits per heavy atom. The summed E-state index contributed by atoms with van der Waals surface area (Å²) in [5, 5.41) is 8.19. The maximum Gasteiger partial charge on any atom is 0.335 e. The van der Waals surface area contributed by atoms with E-state index in [1.165, 1.54) is 0 Å². The van der Waals surface area contributed by atoms with Gasteiger partial charge in [-0.05, 0) is 32.1 Å². The van der Waals surface area contributed by atoms with Gasteiger partial charge in [0, 0.05) is 18.7 Å². The van der Waals surface area contributed by atoms with Crippen molar-refractivity contribution >= 4 is 23.1 Å². The number of urea groups is 1. The lowest BCUT2D eigenvalue weighted by Gasteiger charge is -2.13. The van der Waals surface area contributed by atoms with Gasteiger partial charge in [-0.25, -0.2) is 15.2 Å². The van der Waals surface area contributed by atoms with Crippen molar-refractivity contribution in [3.05, 3.63) is 40.9 Å². The van der Waals surface area contributed by atoms with E-state index in [0.717, 1.165) is 65.6 Å². The number of hydrogen-bond acceptors (Lipinski definition) is 5. The van der Waals surface area contributed by atoms with Crippen molar-refractivity contribution in [2.75, 3.05) is 13.2 Å². The van der Waals surface area contributed by atoms with Gasteiger partial charge in [-0.1, -0.05) is 30.3 Å². The van der Waals surface area contributed by atoms with Gasteiger partial charge in [-0.3, -0.25) is 0 Å². The first-order valence-electron chi connectivity index (χ1n) is 9.07. The summed E-state index contributed by atoms with van der Waals surface area (Å²) >= 11 is 1.65. The van der Waals surface area contributed by atoms with Crippen LogP contribution in [0, 0.1) is 0 Å². The van der Waals surface area contributed by atoms with Gasteiger partial charge in [0.2, 0.25) is 0 Å². The number of fused-ring (bicyclic) bond motifs is 1. The fourth-order valence-corrected chi connectivity index (χ4v) is 4.40. The SMILES string of the molecule is O=C(NCC1CCCO1)N/N=C1/CCCc2nc(-c3ccccc3)sc21. The van der Waals surface area contributed by atoms with Crippen LogP contribution in [-0.2, 0) is 11.2 Å². The molecule has 4 rings (SSSR count). The Balaban J connectivity index is 1.42. The summed E-state index contributed by atoms with van der Waals surface area (Å²) in [4.78, 5) is 17.9. The zero-order chi connectivity index (χ0) is 17.8. The minimum absolute atomic E-state index is 0.129. The second-order valence-corrected chi connectivity index (χ2v) is 7.53. The molecule has 0 saturated carbocycles. The molecule has 136 valence electrons. The fourth-order valence-electron chi connectivity index (χ4n) is 3.26. The van der Waals surface area contributed by atoms with E-state index in [0.29, 0.717) is 6.54 Å². The molecular formula is C19H22N4O2S. The summed E-state index contributed by atoms with van der Waals surface area (Å²) in [5.41, 5.74) is 5.75. The summed E-state index contributed by atoms with van der Waals surface area (Å²) in [6, 6.07) is 9.89.